The van der Waals surface area contributed by atoms with Gasteiger partial charge in [-0.15, -0.1) is 0 Å². The molecule has 4 atom stereocenters. The molecule has 4 unspecified atom stereocenters. The summed E-state index contributed by atoms with van der Waals surface area (Å²) in [5.74, 6) is 2.09. The summed E-state index contributed by atoms with van der Waals surface area (Å²) in [7, 11) is 0. The molecule has 0 aromatic heterocycles. The molecule has 0 aliphatic heterocycles. The van der Waals surface area contributed by atoms with Gasteiger partial charge in [-0.05, 0) is 113 Å². The van der Waals surface area contributed by atoms with E-state index in [4.69, 9.17) is 20.9 Å². The second kappa shape index (κ2) is 12.2. The Balaban J connectivity index is 2.32. The van der Waals surface area contributed by atoms with E-state index < -0.39 is 0 Å². The highest BCUT2D eigenvalue weighted by atomic mass is 79.9. The van der Waals surface area contributed by atoms with Gasteiger partial charge in [0.2, 0.25) is 0 Å². The summed E-state index contributed by atoms with van der Waals surface area (Å²) >= 11 is 14.8. The van der Waals surface area contributed by atoms with Crippen LogP contribution in [0, 0.1) is 11.8 Å². The first-order valence-corrected chi connectivity index (χ1v) is 14.2. The SMILES string of the molecule is CC(N)C(C)COc1c(Br)cc(C(C)(C)c2cc(Br)c(OCC(C)C(C)N)c(Br)c2)cc1Br. The van der Waals surface area contributed by atoms with Gasteiger partial charge in [-0.25, -0.2) is 0 Å². The van der Waals surface area contributed by atoms with Gasteiger partial charge < -0.3 is 20.9 Å². The number of rotatable bonds is 10. The van der Waals surface area contributed by atoms with Crippen molar-refractivity contribution >= 4 is 63.7 Å². The molecule has 0 spiro atoms. The van der Waals surface area contributed by atoms with E-state index in [2.05, 4.69) is 116 Å². The third-order valence-corrected chi connectivity index (χ3v) is 8.57. The lowest BCUT2D eigenvalue weighted by Crippen LogP contribution is -2.29. The topological polar surface area (TPSA) is 70.5 Å². The van der Waals surface area contributed by atoms with Crippen LogP contribution in [0.4, 0.5) is 0 Å². The van der Waals surface area contributed by atoms with Crippen LogP contribution < -0.4 is 20.9 Å². The first-order chi connectivity index (χ1) is 15.2. The third kappa shape index (κ3) is 7.43. The molecule has 0 heterocycles. The average molecular weight is 714 g/mol. The number of nitrogens with two attached hydrogens (primary N) is 2. The maximum atomic E-state index is 6.07. The molecule has 0 aliphatic carbocycles. The molecule has 8 heteroatoms. The average Bonchev–Trinajstić information content (AvgIpc) is 2.71. The molecule has 184 valence electrons. The van der Waals surface area contributed by atoms with Crippen LogP contribution in [-0.2, 0) is 5.41 Å². The molecule has 4 nitrogen and oxygen atoms in total. The van der Waals surface area contributed by atoms with Crippen molar-refractivity contribution in [3.05, 3.63) is 53.3 Å². The fourth-order valence-corrected chi connectivity index (χ4v) is 5.85. The highest BCUT2D eigenvalue weighted by Gasteiger charge is 2.27. The van der Waals surface area contributed by atoms with Crippen molar-refractivity contribution < 1.29 is 9.47 Å². The Morgan fingerprint density at radius 2 is 0.939 bits per heavy atom. The molecule has 2 aromatic carbocycles. The molecule has 0 saturated heterocycles. The van der Waals surface area contributed by atoms with Crippen molar-refractivity contribution in [1.29, 1.82) is 0 Å². The Labute approximate surface area is 232 Å². The van der Waals surface area contributed by atoms with Gasteiger partial charge in [0, 0.05) is 29.3 Å². The molecule has 0 amide bonds. The first kappa shape index (κ1) is 29.1. The molecule has 0 radical (unpaired) electrons. The zero-order valence-corrected chi connectivity index (χ0v) is 26.4. The Morgan fingerprint density at radius 3 is 1.18 bits per heavy atom. The molecule has 4 N–H and O–H groups in total. The van der Waals surface area contributed by atoms with E-state index in [1.807, 2.05) is 13.8 Å². The normalized spacial score (nSPS) is 15.6. The lowest BCUT2D eigenvalue weighted by atomic mass is 9.78. The van der Waals surface area contributed by atoms with Crippen LogP contribution in [0.2, 0.25) is 0 Å². The number of ether oxygens (including phenoxy) is 2. The predicted molar refractivity (Wildman–Crippen MR) is 152 cm³/mol. The van der Waals surface area contributed by atoms with E-state index in [1.165, 1.54) is 0 Å². The van der Waals surface area contributed by atoms with E-state index in [0.29, 0.717) is 13.2 Å². The van der Waals surface area contributed by atoms with Crippen LogP contribution in [0.5, 0.6) is 11.5 Å². The van der Waals surface area contributed by atoms with Crippen LogP contribution in [0.1, 0.15) is 52.7 Å². The van der Waals surface area contributed by atoms with Crippen LogP contribution in [0.25, 0.3) is 0 Å². The lowest BCUT2D eigenvalue weighted by molar-refractivity contribution is 0.240. The van der Waals surface area contributed by atoms with Crippen LogP contribution in [0.3, 0.4) is 0 Å². The minimum atomic E-state index is -0.273. The zero-order chi connectivity index (χ0) is 25.1. The van der Waals surface area contributed by atoms with Gasteiger partial charge in [-0.1, -0.05) is 27.7 Å². The summed E-state index contributed by atoms with van der Waals surface area (Å²) in [6, 6.07) is 8.62. The molecular weight excluding hydrogens is 680 g/mol. The van der Waals surface area contributed by atoms with E-state index in [1.54, 1.807) is 0 Å². The van der Waals surface area contributed by atoms with Crippen LogP contribution in [0.15, 0.2) is 42.2 Å². The van der Waals surface area contributed by atoms with Gasteiger partial charge in [0.25, 0.3) is 0 Å². The fraction of sp³-hybridized carbons (Fsp3) is 0.520. The van der Waals surface area contributed by atoms with Crippen LogP contribution >= 0.6 is 63.7 Å². The smallest absolute Gasteiger partial charge is 0.147 e. The summed E-state index contributed by atoms with van der Waals surface area (Å²) in [6.45, 7) is 13.7. The first-order valence-electron chi connectivity index (χ1n) is 11.0. The van der Waals surface area contributed by atoms with Gasteiger partial charge in [-0.2, -0.15) is 0 Å². The van der Waals surface area contributed by atoms with E-state index in [-0.39, 0.29) is 29.3 Å². The van der Waals surface area contributed by atoms with E-state index >= 15 is 0 Å². The Morgan fingerprint density at radius 1 is 0.667 bits per heavy atom. The number of halogens is 4. The van der Waals surface area contributed by atoms with Crippen molar-refractivity contribution in [1.82, 2.24) is 0 Å². The summed E-state index contributed by atoms with van der Waals surface area (Å²) in [5.41, 5.74) is 14.0. The Kier molecular flexibility index (Phi) is 10.8. The second-order valence-corrected chi connectivity index (χ2v) is 12.9. The molecule has 33 heavy (non-hydrogen) atoms. The van der Waals surface area contributed by atoms with Crippen molar-refractivity contribution in [2.24, 2.45) is 23.3 Å². The molecule has 0 aliphatic rings. The fourth-order valence-electron chi connectivity index (χ4n) is 3.02. The Bertz CT molecular complexity index is 842. The van der Waals surface area contributed by atoms with Crippen molar-refractivity contribution in [3.8, 4) is 11.5 Å². The molecule has 0 saturated carbocycles. The summed E-state index contributed by atoms with van der Waals surface area (Å²) in [6.07, 6.45) is 0. The van der Waals surface area contributed by atoms with Gasteiger partial charge in [-0.3, -0.25) is 0 Å². The summed E-state index contributed by atoms with van der Waals surface area (Å²) in [4.78, 5) is 0. The summed E-state index contributed by atoms with van der Waals surface area (Å²) in [5, 5.41) is 0. The zero-order valence-electron chi connectivity index (χ0n) is 20.0. The molecule has 0 bridgehead atoms. The minimum absolute atomic E-state index is 0.0755. The van der Waals surface area contributed by atoms with Gasteiger partial charge >= 0.3 is 0 Å². The predicted octanol–water partition coefficient (Wildman–Crippen LogP) is 7.79. The highest BCUT2D eigenvalue weighted by molar-refractivity contribution is 9.11. The van der Waals surface area contributed by atoms with Crippen LogP contribution in [-0.4, -0.2) is 25.3 Å². The lowest BCUT2D eigenvalue weighted by Gasteiger charge is -2.29. The number of hydrogen-bond donors (Lipinski definition) is 2. The highest BCUT2D eigenvalue weighted by Crippen LogP contribution is 2.44. The second-order valence-electron chi connectivity index (χ2n) is 9.46. The third-order valence-electron chi connectivity index (χ3n) is 6.22. The van der Waals surface area contributed by atoms with Crippen molar-refractivity contribution in [3.63, 3.8) is 0 Å². The van der Waals surface area contributed by atoms with Crippen molar-refractivity contribution in [2.75, 3.05) is 13.2 Å². The maximum absolute atomic E-state index is 6.07. The van der Waals surface area contributed by atoms with E-state index in [9.17, 15) is 0 Å². The number of hydrogen-bond acceptors (Lipinski definition) is 4. The van der Waals surface area contributed by atoms with Crippen molar-refractivity contribution in [2.45, 2.75) is 59.0 Å². The monoisotopic (exact) mass is 710 g/mol. The quantitative estimate of drug-likeness (QED) is 0.264. The molecule has 2 aromatic rings. The van der Waals surface area contributed by atoms with Gasteiger partial charge in [0.05, 0.1) is 31.1 Å². The number of benzene rings is 2. The van der Waals surface area contributed by atoms with E-state index in [0.717, 1.165) is 40.5 Å². The molecule has 0 fully saturated rings. The van der Waals surface area contributed by atoms with Gasteiger partial charge in [0.15, 0.2) is 0 Å². The van der Waals surface area contributed by atoms with Gasteiger partial charge in [0.1, 0.15) is 11.5 Å². The minimum Gasteiger partial charge on any atom is -0.491 e. The largest absolute Gasteiger partial charge is 0.491 e. The summed E-state index contributed by atoms with van der Waals surface area (Å²) < 4.78 is 15.7. The Hall–Kier alpha value is -0.120. The standard InChI is InChI=1S/C25H34Br4N2O2/c1-13(15(3)30)11-32-23-19(26)7-17(8-20(23)27)25(5,6)18-9-21(28)24(22(29)10-18)33-12-14(2)16(4)31/h7-10,13-16H,11-12,30-31H2,1-6H3. The molecule has 2 rings (SSSR count). The maximum Gasteiger partial charge on any atom is 0.147 e. The molecular formula is C25H34Br4N2O2.